The maximum atomic E-state index is 12.5. The van der Waals surface area contributed by atoms with Gasteiger partial charge in [-0.05, 0) is 38.4 Å². The second kappa shape index (κ2) is 5.10. The van der Waals surface area contributed by atoms with E-state index >= 15 is 0 Å². The molecule has 0 N–H and O–H groups in total. The second-order valence-corrected chi connectivity index (χ2v) is 5.89. The topological polar surface area (TPSA) is 36.4 Å². The van der Waals surface area contributed by atoms with E-state index in [4.69, 9.17) is 11.6 Å². The summed E-state index contributed by atoms with van der Waals surface area (Å²) in [6.45, 7) is 1.62. The summed E-state index contributed by atoms with van der Waals surface area (Å²) < 4.78 is 0. The molecule has 2 aliphatic rings. The van der Waals surface area contributed by atoms with E-state index in [1.165, 1.54) is 12.8 Å². The number of likely N-dealkylation sites (N-methyl/N-ethyl adjacent to an activating group) is 1. The molecular weight excluding hydrogens is 262 g/mol. The van der Waals surface area contributed by atoms with Crippen LogP contribution in [0.4, 0.5) is 0 Å². The van der Waals surface area contributed by atoms with E-state index < -0.39 is 0 Å². The molecule has 3 heterocycles. The summed E-state index contributed by atoms with van der Waals surface area (Å²) in [5.41, 5.74) is 0.452. The number of nitrogens with zero attached hydrogens (tertiary/aromatic N) is 3. The molecule has 1 amide bonds. The molecule has 4 nitrogen and oxygen atoms in total. The predicted molar refractivity (Wildman–Crippen MR) is 74.3 cm³/mol. The normalized spacial score (nSPS) is 27.4. The molecule has 0 radical (unpaired) electrons. The van der Waals surface area contributed by atoms with Gasteiger partial charge in [0, 0.05) is 36.4 Å². The molecule has 2 aliphatic heterocycles. The Hall–Kier alpha value is -1.13. The summed E-state index contributed by atoms with van der Waals surface area (Å²) in [5.74, 6) is 0.00319. The predicted octanol–water partition coefficient (Wildman–Crippen LogP) is 2.04. The summed E-state index contributed by atoms with van der Waals surface area (Å²) >= 11 is 5.93. The van der Waals surface area contributed by atoms with Crippen LogP contribution in [0.15, 0.2) is 18.3 Å². The van der Waals surface area contributed by atoms with Gasteiger partial charge in [0.2, 0.25) is 0 Å². The molecule has 0 spiro atoms. The number of hydrogen-bond acceptors (Lipinski definition) is 3. The molecule has 5 heteroatoms. The van der Waals surface area contributed by atoms with Gasteiger partial charge in [-0.1, -0.05) is 11.6 Å². The van der Waals surface area contributed by atoms with Gasteiger partial charge in [0.05, 0.1) is 0 Å². The molecule has 1 aromatic rings. The standard InChI is InChI=1S/C14H18ClN3O/c1-17-11-2-3-12(17)9-18(7-5-11)14(19)13-8-10(15)4-6-16-13/h4,6,8,11-12H,2-3,5,7,9H2,1H3. The van der Waals surface area contributed by atoms with E-state index in [0.717, 1.165) is 19.5 Å². The van der Waals surface area contributed by atoms with Gasteiger partial charge in [-0.15, -0.1) is 0 Å². The van der Waals surface area contributed by atoms with Crippen molar-refractivity contribution in [3.63, 3.8) is 0 Å². The zero-order chi connectivity index (χ0) is 13.4. The lowest BCUT2D eigenvalue weighted by molar-refractivity contribution is 0.0734. The van der Waals surface area contributed by atoms with Crippen LogP contribution in [0.3, 0.4) is 0 Å². The van der Waals surface area contributed by atoms with Crippen LogP contribution in [0.2, 0.25) is 5.02 Å². The molecular formula is C14H18ClN3O. The van der Waals surface area contributed by atoms with E-state index in [9.17, 15) is 4.79 Å². The summed E-state index contributed by atoms with van der Waals surface area (Å²) in [5, 5.41) is 0.562. The molecule has 2 atom stereocenters. The number of halogens is 1. The Labute approximate surface area is 118 Å². The zero-order valence-corrected chi connectivity index (χ0v) is 11.8. The first kappa shape index (κ1) is 12.9. The van der Waals surface area contributed by atoms with Gasteiger partial charge in [-0.25, -0.2) is 0 Å². The third-order valence-electron chi connectivity index (χ3n) is 4.38. The summed E-state index contributed by atoms with van der Waals surface area (Å²) in [7, 11) is 2.17. The van der Waals surface area contributed by atoms with Crippen LogP contribution < -0.4 is 0 Å². The highest BCUT2D eigenvalue weighted by Crippen LogP contribution is 2.28. The quantitative estimate of drug-likeness (QED) is 0.789. The van der Waals surface area contributed by atoms with Crippen LogP contribution in [-0.2, 0) is 0 Å². The Bertz CT molecular complexity index is 493. The van der Waals surface area contributed by atoms with Gasteiger partial charge in [0.1, 0.15) is 5.69 Å². The SMILES string of the molecule is CN1C2CCC1CN(C(=O)c1cc(Cl)ccn1)CC2. The summed E-state index contributed by atoms with van der Waals surface area (Å²) in [6.07, 6.45) is 5.09. The van der Waals surface area contributed by atoms with Crippen LogP contribution in [-0.4, -0.2) is 52.9 Å². The van der Waals surface area contributed by atoms with Crippen LogP contribution in [0.25, 0.3) is 0 Å². The lowest BCUT2D eigenvalue weighted by Gasteiger charge is -2.25. The third-order valence-corrected chi connectivity index (χ3v) is 4.61. The average molecular weight is 280 g/mol. The second-order valence-electron chi connectivity index (χ2n) is 5.45. The number of amides is 1. The van der Waals surface area contributed by atoms with Crippen molar-refractivity contribution >= 4 is 17.5 Å². The number of fused-ring (bicyclic) bond motifs is 2. The van der Waals surface area contributed by atoms with Crippen molar-refractivity contribution in [3.8, 4) is 0 Å². The molecule has 102 valence electrons. The van der Waals surface area contributed by atoms with Crippen molar-refractivity contribution in [1.29, 1.82) is 0 Å². The van der Waals surface area contributed by atoms with Gasteiger partial charge >= 0.3 is 0 Å². The van der Waals surface area contributed by atoms with Crippen molar-refractivity contribution in [3.05, 3.63) is 29.0 Å². The minimum absolute atomic E-state index is 0.00319. The van der Waals surface area contributed by atoms with Crippen LogP contribution in [0, 0.1) is 0 Å². The largest absolute Gasteiger partial charge is 0.336 e. The van der Waals surface area contributed by atoms with Crippen molar-refractivity contribution < 1.29 is 4.79 Å². The van der Waals surface area contributed by atoms with E-state index in [1.807, 2.05) is 4.90 Å². The fourth-order valence-electron chi connectivity index (χ4n) is 3.18. The molecule has 2 fully saturated rings. The highest BCUT2D eigenvalue weighted by Gasteiger charge is 2.36. The molecule has 2 bridgehead atoms. The Morgan fingerprint density at radius 2 is 2.16 bits per heavy atom. The summed E-state index contributed by atoms with van der Waals surface area (Å²) in [6, 6.07) is 4.47. The molecule has 0 aliphatic carbocycles. The van der Waals surface area contributed by atoms with E-state index in [1.54, 1.807) is 18.3 Å². The van der Waals surface area contributed by atoms with Crippen molar-refractivity contribution in [2.75, 3.05) is 20.1 Å². The molecule has 19 heavy (non-hydrogen) atoms. The number of pyridine rings is 1. The van der Waals surface area contributed by atoms with E-state index in [2.05, 4.69) is 16.9 Å². The highest BCUT2D eigenvalue weighted by molar-refractivity contribution is 6.30. The minimum Gasteiger partial charge on any atom is -0.336 e. The van der Waals surface area contributed by atoms with Crippen molar-refractivity contribution in [2.24, 2.45) is 0 Å². The smallest absolute Gasteiger partial charge is 0.272 e. The Morgan fingerprint density at radius 3 is 2.95 bits per heavy atom. The molecule has 0 aromatic carbocycles. The van der Waals surface area contributed by atoms with E-state index in [0.29, 0.717) is 22.8 Å². The maximum Gasteiger partial charge on any atom is 0.272 e. The maximum absolute atomic E-state index is 12.5. The monoisotopic (exact) mass is 279 g/mol. The van der Waals surface area contributed by atoms with Gasteiger partial charge in [0.15, 0.2) is 0 Å². The van der Waals surface area contributed by atoms with Crippen molar-refractivity contribution in [1.82, 2.24) is 14.8 Å². The number of carbonyl (C=O) groups is 1. The number of rotatable bonds is 1. The number of carbonyl (C=O) groups excluding carboxylic acids is 1. The van der Waals surface area contributed by atoms with Gasteiger partial charge in [0.25, 0.3) is 5.91 Å². The highest BCUT2D eigenvalue weighted by atomic mass is 35.5. The van der Waals surface area contributed by atoms with Crippen molar-refractivity contribution in [2.45, 2.75) is 31.3 Å². The number of hydrogen-bond donors (Lipinski definition) is 0. The molecule has 2 saturated heterocycles. The Kier molecular flexibility index (Phi) is 3.46. The third kappa shape index (κ3) is 2.47. The van der Waals surface area contributed by atoms with Crippen LogP contribution >= 0.6 is 11.6 Å². The van der Waals surface area contributed by atoms with Crippen LogP contribution in [0.5, 0.6) is 0 Å². The molecule has 3 rings (SSSR count). The average Bonchev–Trinajstić information content (AvgIpc) is 2.62. The molecule has 1 aromatic heterocycles. The number of likely N-dealkylation sites (tertiary alicyclic amines) is 1. The fourth-order valence-corrected chi connectivity index (χ4v) is 3.34. The van der Waals surface area contributed by atoms with Crippen LogP contribution in [0.1, 0.15) is 29.8 Å². The first-order valence-corrected chi connectivity index (χ1v) is 7.15. The minimum atomic E-state index is 0.00319. The molecule has 0 saturated carbocycles. The first-order chi connectivity index (χ1) is 9.15. The summed E-state index contributed by atoms with van der Waals surface area (Å²) in [4.78, 5) is 21.0. The Balaban J connectivity index is 1.77. The van der Waals surface area contributed by atoms with Gasteiger partial charge in [-0.2, -0.15) is 0 Å². The molecule has 2 unspecified atom stereocenters. The number of aromatic nitrogens is 1. The lowest BCUT2D eigenvalue weighted by atomic mass is 10.1. The lowest BCUT2D eigenvalue weighted by Crippen LogP contribution is -2.40. The zero-order valence-electron chi connectivity index (χ0n) is 11.1. The fraction of sp³-hybridized carbons (Fsp3) is 0.571. The first-order valence-electron chi connectivity index (χ1n) is 6.78. The van der Waals surface area contributed by atoms with E-state index in [-0.39, 0.29) is 5.91 Å². The van der Waals surface area contributed by atoms with Gasteiger partial charge < -0.3 is 4.90 Å². The van der Waals surface area contributed by atoms with Gasteiger partial charge in [-0.3, -0.25) is 14.7 Å². The Morgan fingerprint density at radius 1 is 1.37 bits per heavy atom.